The summed E-state index contributed by atoms with van der Waals surface area (Å²) in [5.41, 5.74) is 16.3. The summed E-state index contributed by atoms with van der Waals surface area (Å²) in [6.07, 6.45) is 0. The summed E-state index contributed by atoms with van der Waals surface area (Å²) in [4.78, 5) is 2.37. The molecule has 0 fully saturated rings. The molecule has 1 atom stereocenters. The summed E-state index contributed by atoms with van der Waals surface area (Å²) in [6, 6.07) is 80.2. The molecular formula is C57H37NO2. The third kappa shape index (κ3) is 5.23. The lowest BCUT2D eigenvalue weighted by Crippen LogP contribution is -2.31. The van der Waals surface area contributed by atoms with Crippen molar-refractivity contribution in [1.29, 1.82) is 0 Å². The highest BCUT2D eigenvalue weighted by Crippen LogP contribution is 2.64. The summed E-state index contributed by atoms with van der Waals surface area (Å²) in [5, 5.41) is 0.976. The van der Waals surface area contributed by atoms with Crippen LogP contribution in [-0.2, 0) is 5.41 Å². The van der Waals surface area contributed by atoms with E-state index < -0.39 is 5.41 Å². The molecule has 0 N–H and O–H groups in total. The van der Waals surface area contributed by atoms with Gasteiger partial charge >= 0.3 is 0 Å². The summed E-state index contributed by atoms with van der Waals surface area (Å²) in [6.45, 7) is 0. The first-order valence-corrected chi connectivity index (χ1v) is 20.5. The molecule has 0 saturated carbocycles. The highest BCUT2D eigenvalue weighted by Gasteiger charge is 2.54. The topological polar surface area (TPSA) is 25.6 Å². The van der Waals surface area contributed by atoms with E-state index in [-0.39, 0.29) is 0 Å². The van der Waals surface area contributed by atoms with E-state index in [1.54, 1.807) is 0 Å². The number of ether oxygens (including phenoxy) is 1. The predicted molar refractivity (Wildman–Crippen MR) is 245 cm³/mol. The van der Waals surface area contributed by atoms with Crippen LogP contribution in [0.25, 0.3) is 55.5 Å². The number of para-hydroxylation sites is 2. The second-order valence-electron chi connectivity index (χ2n) is 15.6. The van der Waals surface area contributed by atoms with Crippen molar-refractivity contribution >= 4 is 28.0 Å². The average molecular weight is 768 g/mol. The van der Waals surface area contributed by atoms with Crippen LogP contribution in [0.15, 0.2) is 229 Å². The molecule has 3 heteroatoms. The molecule has 9 aromatic carbocycles. The Kier molecular flexibility index (Phi) is 7.76. The van der Waals surface area contributed by atoms with Crippen molar-refractivity contribution in [2.75, 3.05) is 4.90 Å². The van der Waals surface area contributed by atoms with Gasteiger partial charge in [-0.25, -0.2) is 0 Å². The molecule has 2 heterocycles. The van der Waals surface area contributed by atoms with E-state index in [0.29, 0.717) is 0 Å². The Morgan fingerprint density at radius 1 is 0.350 bits per heavy atom. The smallest absolute Gasteiger partial charge is 0.178 e. The molecule has 0 bridgehead atoms. The van der Waals surface area contributed by atoms with Crippen LogP contribution >= 0.6 is 0 Å². The quantitative estimate of drug-likeness (QED) is 0.168. The summed E-state index contributed by atoms with van der Waals surface area (Å²) < 4.78 is 13.6. The molecule has 0 amide bonds. The zero-order chi connectivity index (χ0) is 39.6. The second-order valence-corrected chi connectivity index (χ2v) is 15.6. The van der Waals surface area contributed by atoms with Gasteiger partial charge in [0.2, 0.25) is 0 Å². The standard InChI is InChI=1S/C57H37NO2/c1-3-14-38(15-4-1)40-26-30-44(31-27-40)58(45-32-28-41(29-33-45)43-19-13-18-42(36-43)39-16-5-2-6-17-39)46-34-35-51-49(37-46)47-20-7-9-22-50(47)57(51)52-23-10-12-25-54(52)59-55-48-21-8-11-24-53(48)60-56(55)57/h1-37H. The van der Waals surface area contributed by atoms with E-state index in [4.69, 9.17) is 9.15 Å². The third-order valence-electron chi connectivity index (χ3n) is 12.3. The van der Waals surface area contributed by atoms with E-state index in [2.05, 4.69) is 211 Å². The normalized spacial score (nSPS) is 14.5. The molecule has 12 rings (SSSR count). The van der Waals surface area contributed by atoms with Gasteiger partial charge in [-0.1, -0.05) is 164 Å². The van der Waals surface area contributed by atoms with Gasteiger partial charge in [0, 0.05) is 22.6 Å². The fourth-order valence-electron chi connectivity index (χ4n) is 9.61. The molecule has 1 spiro atoms. The lowest BCUT2D eigenvalue weighted by Gasteiger charge is -2.36. The SMILES string of the molecule is c1ccc(-c2ccc(N(c3ccc(-c4cccc(-c5ccccc5)c4)cc3)c3ccc4c(c3)-c3ccccc3C43c4ccccc4Oc4c3oc3ccccc43)cc2)cc1. The molecule has 0 radical (unpaired) electrons. The molecule has 2 aliphatic rings. The maximum absolute atomic E-state index is 6.91. The Hall–Kier alpha value is -7.88. The van der Waals surface area contributed by atoms with Gasteiger partial charge in [0.15, 0.2) is 11.5 Å². The number of hydrogen-bond donors (Lipinski definition) is 0. The monoisotopic (exact) mass is 767 g/mol. The van der Waals surface area contributed by atoms with Gasteiger partial charge in [0.1, 0.15) is 16.7 Å². The van der Waals surface area contributed by atoms with Crippen molar-refractivity contribution < 1.29 is 9.15 Å². The fraction of sp³-hybridized carbons (Fsp3) is 0.0175. The van der Waals surface area contributed by atoms with Crippen LogP contribution in [-0.4, -0.2) is 0 Å². The molecule has 60 heavy (non-hydrogen) atoms. The first-order chi connectivity index (χ1) is 29.7. The minimum Gasteiger partial charge on any atom is -0.455 e. The van der Waals surface area contributed by atoms with Crippen molar-refractivity contribution in [3.05, 3.63) is 247 Å². The van der Waals surface area contributed by atoms with Gasteiger partial charge in [-0.2, -0.15) is 0 Å². The maximum atomic E-state index is 6.91. The lowest BCUT2D eigenvalue weighted by molar-refractivity contribution is 0.389. The van der Waals surface area contributed by atoms with Crippen LogP contribution < -0.4 is 9.64 Å². The number of hydrogen-bond acceptors (Lipinski definition) is 3. The van der Waals surface area contributed by atoms with Gasteiger partial charge in [0.05, 0.1) is 5.39 Å². The van der Waals surface area contributed by atoms with Crippen LogP contribution in [0.3, 0.4) is 0 Å². The second kappa shape index (κ2) is 13.6. The lowest BCUT2D eigenvalue weighted by atomic mass is 9.69. The summed E-state index contributed by atoms with van der Waals surface area (Å²) >= 11 is 0. The van der Waals surface area contributed by atoms with Crippen molar-refractivity contribution in [3.8, 4) is 56.0 Å². The van der Waals surface area contributed by atoms with Crippen LogP contribution in [0.1, 0.15) is 22.5 Å². The minimum atomic E-state index is -0.703. The van der Waals surface area contributed by atoms with Crippen molar-refractivity contribution in [3.63, 3.8) is 0 Å². The number of nitrogens with zero attached hydrogens (tertiary/aromatic N) is 1. The van der Waals surface area contributed by atoms with Crippen molar-refractivity contribution in [1.82, 2.24) is 0 Å². The van der Waals surface area contributed by atoms with Crippen molar-refractivity contribution in [2.45, 2.75) is 5.41 Å². The molecular weight excluding hydrogens is 731 g/mol. The third-order valence-corrected chi connectivity index (χ3v) is 12.3. The van der Waals surface area contributed by atoms with Crippen LogP contribution in [0, 0.1) is 0 Å². The van der Waals surface area contributed by atoms with Crippen LogP contribution in [0.2, 0.25) is 0 Å². The Morgan fingerprint density at radius 2 is 0.867 bits per heavy atom. The van der Waals surface area contributed by atoms with E-state index in [1.807, 2.05) is 18.2 Å². The zero-order valence-corrected chi connectivity index (χ0v) is 32.6. The largest absolute Gasteiger partial charge is 0.455 e. The number of benzene rings is 9. The Balaban J connectivity index is 1.03. The number of anilines is 3. The van der Waals surface area contributed by atoms with Gasteiger partial charge in [-0.15, -0.1) is 0 Å². The molecule has 0 saturated heterocycles. The van der Waals surface area contributed by atoms with Gasteiger partial charge in [0.25, 0.3) is 0 Å². The fourth-order valence-corrected chi connectivity index (χ4v) is 9.61. The average Bonchev–Trinajstić information content (AvgIpc) is 3.84. The summed E-state index contributed by atoms with van der Waals surface area (Å²) in [5.74, 6) is 2.45. The Labute approximate surface area is 349 Å². The highest BCUT2D eigenvalue weighted by atomic mass is 16.5. The van der Waals surface area contributed by atoms with E-state index in [9.17, 15) is 0 Å². The molecule has 1 aliphatic heterocycles. The van der Waals surface area contributed by atoms with E-state index in [0.717, 1.165) is 50.9 Å². The van der Waals surface area contributed by atoms with Gasteiger partial charge in [-0.3, -0.25) is 0 Å². The molecule has 1 unspecified atom stereocenters. The minimum absolute atomic E-state index is 0.703. The number of fused-ring (bicyclic) bond motifs is 11. The molecule has 1 aliphatic carbocycles. The zero-order valence-electron chi connectivity index (χ0n) is 32.6. The van der Waals surface area contributed by atoms with E-state index in [1.165, 1.54) is 55.6 Å². The molecule has 10 aromatic rings. The van der Waals surface area contributed by atoms with Crippen LogP contribution in [0.4, 0.5) is 17.1 Å². The van der Waals surface area contributed by atoms with E-state index >= 15 is 0 Å². The molecule has 1 aromatic heterocycles. The van der Waals surface area contributed by atoms with Crippen molar-refractivity contribution in [2.24, 2.45) is 0 Å². The summed E-state index contributed by atoms with van der Waals surface area (Å²) in [7, 11) is 0. The van der Waals surface area contributed by atoms with Gasteiger partial charge < -0.3 is 14.1 Å². The van der Waals surface area contributed by atoms with Gasteiger partial charge in [-0.05, 0) is 116 Å². The first kappa shape index (κ1) is 34.2. The predicted octanol–water partition coefficient (Wildman–Crippen LogP) is 15.4. The molecule has 282 valence electrons. The Morgan fingerprint density at radius 3 is 1.58 bits per heavy atom. The highest BCUT2D eigenvalue weighted by molar-refractivity contribution is 5.95. The first-order valence-electron chi connectivity index (χ1n) is 20.5. The number of rotatable bonds is 6. The molecule has 3 nitrogen and oxygen atoms in total. The Bertz CT molecular complexity index is 3220. The van der Waals surface area contributed by atoms with Crippen LogP contribution in [0.5, 0.6) is 11.5 Å². The number of furan rings is 1. The maximum Gasteiger partial charge on any atom is 0.178 e.